The lowest BCUT2D eigenvalue weighted by Gasteiger charge is -2.24. The minimum Gasteiger partial charge on any atom is -0.378 e. The highest BCUT2D eigenvalue weighted by atomic mass is 16.5. The van der Waals surface area contributed by atoms with E-state index in [4.69, 9.17) is 4.74 Å². The van der Waals surface area contributed by atoms with Gasteiger partial charge in [0.05, 0.1) is 6.10 Å². The normalized spacial score (nSPS) is 21.0. The topological polar surface area (TPSA) is 66.0 Å². The van der Waals surface area contributed by atoms with E-state index in [0.717, 1.165) is 51.6 Å². The minimum absolute atomic E-state index is 0.266. The van der Waals surface area contributed by atoms with Gasteiger partial charge in [0.15, 0.2) is 5.96 Å². The van der Waals surface area contributed by atoms with Gasteiger partial charge in [0.1, 0.15) is 0 Å². The molecule has 2 N–H and O–H groups in total. The summed E-state index contributed by atoms with van der Waals surface area (Å²) in [7, 11) is 1.80. The minimum atomic E-state index is 0.266. The molecule has 2 atom stereocenters. The number of guanidine groups is 1. The Labute approximate surface area is 187 Å². The molecule has 2 unspecified atom stereocenters. The van der Waals surface area contributed by atoms with Crippen molar-refractivity contribution in [3.05, 3.63) is 35.9 Å². The Hall–Kier alpha value is -2.08. The van der Waals surface area contributed by atoms with Gasteiger partial charge < -0.3 is 20.3 Å². The first-order valence-electron chi connectivity index (χ1n) is 12.1. The smallest absolute Gasteiger partial charge is 0.223 e. The second-order valence-corrected chi connectivity index (χ2v) is 8.85. The number of ether oxygens (including phenoxy) is 1. The van der Waals surface area contributed by atoms with Crippen molar-refractivity contribution in [2.24, 2.45) is 16.8 Å². The highest BCUT2D eigenvalue weighted by Gasteiger charge is 2.29. The van der Waals surface area contributed by atoms with Crippen LogP contribution in [0.1, 0.15) is 51.0 Å². The molecule has 1 aliphatic carbocycles. The molecule has 1 aliphatic heterocycles. The third-order valence-corrected chi connectivity index (χ3v) is 6.62. The van der Waals surface area contributed by atoms with Gasteiger partial charge in [-0.2, -0.15) is 0 Å². The molecule has 1 saturated carbocycles. The van der Waals surface area contributed by atoms with Gasteiger partial charge in [-0.15, -0.1) is 0 Å². The van der Waals surface area contributed by atoms with Gasteiger partial charge in [0.25, 0.3) is 0 Å². The number of carbonyl (C=O) groups is 1. The van der Waals surface area contributed by atoms with E-state index >= 15 is 0 Å². The first kappa shape index (κ1) is 23.6. The Kier molecular flexibility index (Phi) is 9.66. The van der Waals surface area contributed by atoms with E-state index in [1.165, 1.54) is 31.2 Å². The predicted molar refractivity (Wildman–Crippen MR) is 126 cm³/mol. The summed E-state index contributed by atoms with van der Waals surface area (Å²) in [6.07, 6.45) is 8.17. The summed E-state index contributed by atoms with van der Waals surface area (Å²) in [6, 6.07) is 10.4. The molecular formula is C25H40N4O2. The molecule has 0 radical (unpaired) electrons. The molecule has 31 heavy (non-hydrogen) atoms. The highest BCUT2D eigenvalue weighted by Crippen LogP contribution is 2.30. The summed E-state index contributed by atoms with van der Waals surface area (Å²) in [5, 5.41) is 6.86. The van der Waals surface area contributed by atoms with Crippen LogP contribution in [0.2, 0.25) is 0 Å². The number of hydrogen-bond acceptors (Lipinski definition) is 3. The molecule has 1 aromatic carbocycles. The molecule has 6 heteroatoms. The zero-order valence-corrected chi connectivity index (χ0v) is 19.3. The fraction of sp³-hybridized carbons (Fsp3) is 0.680. The Bertz CT molecular complexity index is 688. The molecule has 1 aromatic rings. The monoisotopic (exact) mass is 428 g/mol. The Morgan fingerprint density at radius 3 is 2.71 bits per heavy atom. The van der Waals surface area contributed by atoms with Crippen LogP contribution >= 0.6 is 0 Å². The number of likely N-dealkylation sites (tertiary alicyclic amines) is 1. The van der Waals surface area contributed by atoms with Crippen molar-refractivity contribution in [3.8, 4) is 0 Å². The van der Waals surface area contributed by atoms with Crippen LogP contribution in [-0.4, -0.2) is 62.7 Å². The van der Waals surface area contributed by atoms with Crippen molar-refractivity contribution in [3.63, 3.8) is 0 Å². The number of nitrogens with one attached hydrogen (secondary N) is 2. The van der Waals surface area contributed by atoms with Gasteiger partial charge in [0.2, 0.25) is 5.91 Å². The molecule has 2 fully saturated rings. The van der Waals surface area contributed by atoms with Crippen molar-refractivity contribution in [1.29, 1.82) is 0 Å². The predicted octanol–water partition coefficient (Wildman–Crippen LogP) is 3.23. The first-order valence-corrected chi connectivity index (χ1v) is 12.1. The lowest BCUT2D eigenvalue weighted by molar-refractivity contribution is -0.127. The zero-order chi connectivity index (χ0) is 21.9. The zero-order valence-electron chi connectivity index (χ0n) is 19.3. The van der Waals surface area contributed by atoms with Crippen LogP contribution in [0, 0.1) is 11.8 Å². The van der Waals surface area contributed by atoms with Crippen LogP contribution in [0.25, 0.3) is 0 Å². The quantitative estimate of drug-likeness (QED) is 0.420. The number of amides is 1. The van der Waals surface area contributed by atoms with E-state index in [9.17, 15) is 4.79 Å². The number of carbonyl (C=O) groups excluding carboxylic acids is 1. The Balaban J connectivity index is 1.35. The van der Waals surface area contributed by atoms with E-state index in [0.29, 0.717) is 24.4 Å². The number of rotatable bonds is 11. The van der Waals surface area contributed by atoms with Crippen LogP contribution in [0.3, 0.4) is 0 Å². The van der Waals surface area contributed by atoms with Crippen LogP contribution in [0.15, 0.2) is 35.3 Å². The molecule has 1 saturated heterocycles. The van der Waals surface area contributed by atoms with Crippen LogP contribution < -0.4 is 10.6 Å². The Morgan fingerprint density at radius 2 is 2.00 bits per heavy atom. The number of nitrogens with zero attached hydrogens (tertiary/aromatic N) is 2. The fourth-order valence-corrected chi connectivity index (χ4v) is 4.91. The molecule has 0 bridgehead atoms. The van der Waals surface area contributed by atoms with E-state index in [2.05, 4.69) is 46.8 Å². The van der Waals surface area contributed by atoms with E-state index in [1.54, 1.807) is 7.05 Å². The van der Waals surface area contributed by atoms with Crippen LogP contribution in [-0.2, 0) is 16.0 Å². The molecule has 172 valence electrons. The second kappa shape index (κ2) is 12.7. The second-order valence-electron chi connectivity index (χ2n) is 8.85. The highest BCUT2D eigenvalue weighted by molar-refractivity contribution is 5.80. The Morgan fingerprint density at radius 1 is 1.23 bits per heavy atom. The van der Waals surface area contributed by atoms with Crippen molar-refractivity contribution in [1.82, 2.24) is 15.5 Å². The standard InChI is InChI=1S/C25H40N4O2/c1-3-31-23(22-11-7-8-12-22)13-15-27-25(26-2)28-18-21-17-24(30)29(19-21)16-14-20-9-5-4-6-10-20/h4-6,9-10,21-23H,3,7-8,11-19H2,1-2H3,(H2,26,27,28). The SMILES string of the molecule is CCOC(CCNC(=NC)NCC1CC(=O)N(CCc2ccccc2)C1)C1CCCC1. The molecule has 1 amide bonds. The molecule has 0 spiro atoms. The summed E-state index contributed by atoms with van der Waals surface area (Å²) >= 11 is 0. The maximum Gasteiger partial charge on any atom is 0.223 e. The van der Waals surface area contributed by atoms with Crippen LogP contribution in [0.5, 0.6) is 0 Å². The third-order valence-electron chi connectivity index (χ3n) is 6.62. The maximum absolute atomic E-state index is 12.4. The summed E-state index contributed by atoms with van der Waals surface area (Å²) < 4.78 is 6.02. The fourth-order valence-electron chi connectivity index (χ4n) is 4.91. The summed E-state index contributed by atoms with van der Waals surface area (Å²) in [5.74, 6) is 2.12. The third kappa shape index (κ3) is 7.53. The van der Waals surface area contributed by atoms with Gasteiger partial charge in [0, 0.05) is 52.2 Å². The number of benzene rings is 1. The largest absolute Gasteiger partial charge is 0.378 e. The van der Waals surface area contributed by atoms with Crippen molar-refractivity contribution >= 4 is 11.9 Å². The van der Waals surface area contributed by atoms with Crippen LogP contribution in [0.4, 0.5) is 0 Å². The molecule has 1 heterocycles. The van der Waals surface area contributed by atoms with Crippen molar-refractivity contribution in [2.75, 3.05) is 39.8 Å². The molecule has 0 aromatic heterocycles. The molecule has 2 aliphatic rings. The van der Waals surface area contributed by atoms with E-state index in [-0.39, 0.29) is 5.91 Å². The molecular weight excluding hydrogens is 388 g/mol. The maximum atomic E-state index is 12.4. The lowest BCUT2D eigenvalue weighted by Crippen LogP contribution is -2.41. The molecule has 6 nitrogen and oxygen atoms in total. The molecule has 3 rings (SSSR count). The summed E-state index contributed by atoms with van der Waals surface area (Å²) in [5.41, 5.74) is 1.28. The van der Waals surface area contributed by atoms with Gasteiger partial charge >= 0.3 is 0 Å². The van der Waals surface area contributed by atoms with E-state index in [1.807, 2.05) is 11.0 Å². The van der Waals surface area contributed by atoms with Gasteiger partial charge in [-0.3, -0.25) is 9.79 Å². The number of hydrogen-bond donors (Lipinski definition) is 2. The van der Waals surface area contributed by atoms with Gasteiger partial charge in [-0.25, -0.2) is 0 Å². The first-order chi connectivity index (χ1) is 15.2. The van der Waals surface area contributed by atoms with Crippen molar-refractivity contribution < 1.29 is 9.53 Å². The van der Waals surface area contributed by atoms with Gasteiger partial charge in [-0.05, 0) is 44.1 Å². The summed E-state index contributed by atoms with van der Waals surface area (Å²) in [6.45, 7) is 6.11. The number of aliphatic imine (C=N–C) groups is 1. The van der Waals surface area contributed by atoms with Crippen molar-refractivity contribution in [2.45, 2.75) is 58.0 Å². The average Bonchev–Trinajstić information content (AvgIpc) is 3.44. The lowest BCUT2D eigenvalue weighted by atomic mass is 9.98. The summed E-state index contributed by atoms with van der Waals surface area (Å²) in [4.78, 5) is 18.8. The average molecular weight is 429 g/mol. The van der Waals surface area contributed by atoms with E-state index < -0.39 is 0 Å². The van der Waals surface area contributed by atoms with Gasteiger partial charge in [-0.1, -0.05) is 43.2 Å².